The smallest absolute Gasteiger partial charge is 0.303 e. The first-order valence-corrected chi connectivity index (χ1v) is 6.61. The van der Waals surface area contributed by atoms with Gasteiger partial charge in [0, 0.05) is 5.92 Å². The van der Waals surface area contributed by atoms with Crippen molar-refractivity contribution in [2.45, 2.75) is 24.2 Å². The van der Waals surface area contributed by atoms with Crippen LogP contribution in [0.2, 0.25) is 0 Å². The number of sulfone groups is 1. The van der Waals surface area contributed by atoms with Crippen molar-refractivity contribution in [3.8, 4) is 0 Å². The molecular weight excluding hydrogens is 228 g/mol. The molecule has 1 heterocycles. The van der Waals surface area contributed by atoms with Gasteiger partial charge in [-0.1, -0.05) is 12.1 Å². The average molecular weight is 240 g/mol. The van der Waals surface area contributed by atoms with Gasteiger partial charge >= 0.3 is 5.97 Å². The number of hydrogen-bond donors (Lipinski definition) is 1. The maximum absolute atomic E-state index is 11.8. The Hall–Kier alpha value is -1.36. The fourth-order valence-electron chi connectivity index (χ4n) is 2.26. The minimum Gasteiger partial charge on any atom is -0.481 e. The minimum absolute atomic E-state index is 0.0838. The van der Waals surface area contributed by atoms with Crippen LogP contribution in [0.25, 0.3) is 0 Å². The first-order valence-electron chi connectivity index (χ1n) is 4.96. The van der Waals surface area contributed by atoms with Crippen LogP contribution in [0, 0.1) is 6.92 Å². The third kappa shape index (κ3) is 1.71. The maximum Gasteiger partial charge on any atom is 0.303 e. The van der Waals surface area contributed by atoms with E-state index in [0.717, 1.165) is 5.56 Å². The molecule has 0 spiro atoms. The Morgan fingerprint density at radius 3 is 2.81 bits per heavy atom. The lowest BCUT2D eigenvalue weighted by Gasteiger charge is -2.09. The average Bonchev–Trinajstić information content (AvgIpc) is 2.38. The second-order valence-electron chi connectivity index (χ2n) is 4.06. The number of carboxylic acids is 1. The standard InChI is InChI=1S/C11H12O4S/c1-7-3-2-4-9-11(7)8(5-10(12)13)6-16(9,14)15/h2-4,8H,5-6H2,1H3,(H,12,13). The number of aryl methyl sites for hydroxylation is 1. The highest BCUT2D eigenvalue weighted by Gasteiger charge is 2.36. The van der Waals surface area contributed by atoms with E-state index in [2.05, 4.69) is 0 Å². The summed E-state index contributed by atoms with van der Waals surface area (Å²) in [6.45, 7) is 1.81. The summed E-state index contributed by atoms with van der Waals surface area (Å²) < 4.78 is 23.6. The largest absolute Gasteiger partial charge is 0.481 e. The minimum atomic E-state index is -3.29. The molecule has 0 aromatic heterocycles. The molecule has 16 heavy (non-hydrogen) atoms. The van der Waals surface area contributed by atoms with Crippen molar-refractivity contribution in [2.24, 2.45) is 0 Å². The summed E-state index contributed by atoms with van der Waals surface area (Å²) in [5.41, 5.74) is 1.54. The molecule has 1 aromatic carbocycles. The van der Waals surface area contributed by atoms with Crippen molar-refractivity contribution in [3.63, 3.8) is 0 Å². The Bertz CT molecular complexity index is 545. The SMILES string of the molecule is Cc1cccc2c1C(CC(=O)O)CS2(=O)=O. The molecule has 0 aliphatic carbocycles. The first kappa shape index (κ1) is 11.1. The molecule has 1 aliphatic rings. The summed E-state index contributed by atoms with van der Waals surface area (Å²) in [4.78, 5) is 11.0. The number of benzene rings is 1. The van der Waals surface area contributed by atoms with Gasteiger partial charge in [0.1, 0.15) is 0 Å². The van der Waals surface area contributed by atoms with E-state index in [1.165, 1.54) is 0 Å². The van der Waals surface area contributed by atoms with Gasteiger partial charge in [-0.05, 0) is 24.1 Å². The lowest BCUT2D eigenvalue weighted by molar-refractivity contribution is -0.137. The Labute approximate surface area is 93.8 Å². The molecule has 1 atom stereocenters. The van der Waals surface area contributed by atoms with E-state index in [-0.39, 0.29) is 12.2 Å². The van der Waals surface area contributed by atoms with E-state index in [9.17, 15) is 13.2 Å². The van der Waals surface area contributed by atoms with E-state index >= 15 is 0 Å². The molecule has 1 N–H and O–H groups in total. The summed E-state index contributed by atoms with van der Waals surface area (Å²) in [5, 5.41) is 8.77. The third-order valence-corrected chi connectivity index (χ3v) is 4.74. The zero-order valence-electron chi connectivity index (χ0n) is 8.80. The van der Waals surface area contributed by atoms with Gasteiger partial charge in [0.05, 0.1) is 17.1 Å². The van der Waals surface area contributed by atoms with Crippen molar-refractivity contribution in [3.05, 3.63) is 29.3 Å². The van der Waals surface area contributed by atoms with Gasteiger partial charge < -0.3 is 5.11 Å². The predicted molar refractivity (Wildman–Crippen MR) is 58.2 cm³/mol. The van der Waals surface area contributed by atoms with E-state index in [0.29, 0.717) is 10.5 Å². The summed E-state index contributed by atoms with van der Waals surface area (Å²) in [7, 11) is -3.29. The molecule has 1 unspecified atom stereocenters. The highest BCUT2D eigenvalue weighted by molar-refractivity contribution is 7.91. The Kier molecular flexibility index (Phi) is 2.50. The number of aliphatic carboxylic acids is 1. The Balaban J connectivity index is 2.56. The Morgan fingerprint density at radius 2 is 2.19 bits per heavy atom. The quantitative estimate of drug-likeness (QED) is 0.846. The van der Waals surface area contributed by atoms with Crippen molar-refractivity contribution >= 4 is 15.8 Å². The van der Waals surface area contributed by atoms with Crippen LogP contribution in [0.4, 0.5) is 0 Å². The highest BCUT2D eigenvalue weighted by atomic mass is 32.2. The van der Waals surface area contributed by atoms with Gasteiger partial charge in [-0.3, -0.25) is 4.79 Å². The van der Waals surface area contributed by atoms with Gasteiger partial charge in [-0.15, -0.1) is 0 Å². The molecule has 0 amide bonds. The molecule has 1 aromatic rings. The van der Waals surface area contributed by atoms with Crippen molar-refractivity contribution in [2.75, 3.05) is 5.75 Å². The van der Waals surface area contributed by atoms with Crippen LogP contribution in [0.1, 0.15) is 23.5 Å². The maximum atomic E-state index is 11.8. The zero-order valence-corrected chi connectivity index (χ0v) is 9.62. The summed E-state index contributed by atoms with van der Waals surface area (Å²) in [6, 6.07) is 5.06. The zero-order chi connectivity index (χ0) is 11.9. The summed E-state index contributed by atoms with van der Waals surface area (Å²) >= 11 is 0. The molecule has 86 valence electrons. The fourth-order valence-corrected chi connectivity index (χ4v) is 4.20. The van der Waals surface area contributed by atoms with Crippen LogP contribution in [-0.4, -0.2) is 25.2 Å². The second kappa shape index (κ2) is 3.59. The van der Waals surface area contributed by atoms with E-state index in [4.69, 9.17) is 5.11 Å². The molecule has 0 bridgehead atoms. The monoisotopic (exact) mass is 240 g/mol. The Morgan fingerprint density at radius 1 is 1.50 bits per heavy atom. The van der Waals surface area contributed by atoms with Crippen molar-refractivity contribution in [1.29, 1.82) is 0 Å². The second-order valence-corrected chi connectivity index (χ2v) is 6.07. The van der Waals surface area contributed by atoms with Crippen LogP contribution in [0.15, 0.2) is 23.1 Å². The lowest BCUT2D eigenvalue weighted by Crippen LogP contribution is -2.09. The van der Waals surface area contributed by atoms with Crippen molar-refractivity contribution in [1.82, 2.24) is 0 Å². The molecule has 1 aliphatic heterocycles. The molecule has 0 saturated heterocycles. The molecule has 4 nitrogen and oxygen atoms in total. The van der Waals surface area contributed by atoms with Crippen LogP contribution in [-0.2, 0) is 14.6 Å². The van der Waals surface area contributed by atoms with Gasteiger partial charge in [0.25, 0.3) is 0 Å². The van der Waals surface area contributed by atoms with Gasteiger partial charge in [0.15, 0.2) is 9.84 Å². The normalized spacial score (nSPS) is 21.7. The molecule has 0 radical (unpaired) electrons. The topological polar surface area (TPSA) is 71.4 Å². The van der Waals surface area contributed by atoms with Gasteiger partial charge in [-0.2, -0.15) is 0 Å². The van der Waals surface area contributed by atoms with E-state index in [1.807, 2.05) is 13.0 Å². The lowest BCUT2D eigenvalue weighted by atomic mass is 9.94. The molecule has 2 rings (SSSR count). The number of fused-ring (bicyclic) bond motifs is 1. The number of carboxylic acid groups (broad SMARTS) is 1. The van der Waals surface area contributed by atoms with Gasteiger partial charge in [-0.25, -0.2) is 8.42 Å². The van der Waals surface area contributed by atoms with Crippen LogP contribution < -0.4 is 0 Å². The number of hydrogen-bond acceptors (Lipinski definition) is 3. The third-order valence-electron chi connectivity index (χ3n) is 2.87. The summed E-state index contributed by atoms with van der Waals surface area (Å²) in [6.07, 6.45) is -0.128. The molecular formula is C11H12O4S. The van der Waals surface area contributed by atoms with E-state index < -0.39 is 21.7 Å². The predicted octanol–water partition coefficient (Wildman–Crippen LogP) is 1.34. The molecule has 5 heteroatoms. The first-order chi connectivity index (χ1) is 7.42. The van der Waals surface area contributed by atoms with Crippen molar-refractivity contribution < 1.29 is 18.3 Å². The van der Waals surface area contributed by atoms with Crippen LogP contribution in [0.3, 0.4) is 0 Å². The molecule has 0 fully saturated rings. The fraction of sp³-hybridized carbons (Fsp3) is 0.364. The van der Waals surface area contributed by atoms with Crippen LogP contribution >= 0.6 is 0 Å². The number of carbonyl (C=O) groups is 1. The summed E-state index contributed by atoms with van der Waals surface area (Å²) in [5.74, 6) is -1.45. The van der Waals surface area contributed by atoms with E-state index in [1.54, 1.807) is 12.1 Å². The van der Waals surface area contributed by atoms with Crippen LogP contribution in [0.5, 0.6) is 0 Å². The number of rotatable bonds is 2. The van der Waals surface area contributed by atoms with Gasteiger partial charge in [0.2, 0.25) is 0 Å². The highest BCUT2D eigenvalue weighted by Crippen LogP contribution is 2.38. The molecule has 0 saturated carbocycles.